The fourth-order valence-electron chi connectivity index (χ4n) is 6.71. The summed E-state index contributed by atoms with van der Waals surface area (Å²) >= 11 is 0. The lowest BCUT2D eigenvalue weighted by Gasteiger charge is -2.42. The molecule has 0 fully saturated rings. The molecule has 196 valence electrons. The summed E-state index contributed by atoms with van der Waals surface area (Å²) in [6.45, 7) is 13.5. The molecule has 0 aliphatic carbocycles. The zero-order valence-corrected chi connectivity index (χ0v) is 24.0. The highest BCUT2D eigenvalue weighted by Crippen LogP contribution is 2.52. The second kappa shape index (κ2) is 8.76. The van der Waals surface area contributed by atoms with Gasteiger partial charge in [0, 0.05) is 34.3 Å². The van der Waals surface area contributed by atoms with E-state index in [1.807, 2.05) is 12.4 Å². The van der Waals surface area contributed by atoms with Crippen LogP contribution in [0.4, 0.5) is 17.1 Å². The van der Waals surface area contributed by atoms with Crippen molar-refractivity contribution in [3.05, 3.63) is 125 Å². The Hall–Kier alpha value is -4.50. The molecule has 3 heterocycles. The first kappa shape index (κ1) is 24.5. The van der Waals surface area contributed by atoms with Crippen molar-refractivity contribution in [1.82, 2.24) is 9.97 Å². The Kier molecular flexibility index (Phi) is 5.37. The maximum atomic E-state index is 4.83. The van der Waals surface area contributed by atoms with Crippen LogP contribution < -0.4 is 4.90 Å². The summed E-state index contributed by atoms with van der Waals surface area (Å²) in [6.07, 6.45) is 3.79. The minimum atomic E-state index is -0.0764. The zero-order valence-electron chi connectivity index (χ0n) is 24.0. The maximum absolute atomic E-state index is 4.83. The largest absolute Gasteiger partial charge is 0.310 e. The van der Waals surface area contributed by atoms with E-state index < -0.39 is 0 Å². The summed E-state index contributed by atoms with van der Waals surface area (Å²) in [5, 5.41) is 2.34. The molecule has 0 unspecified atom stereocenters. The van der Waals surface area contributed by atoms with E-state index in [0.717, 1.165) is 16.4 Å². The molecule has 0 spiro atoms. The first-order valence-electron chi connectivity index (χ1n) is 14.0. The number of benzene rings is 4. The van der Waals surface area contributed by atoms with Crippen LogP contribution in [0, 0.1) is 27.7 Å². The van der Waals surface area contributed by atoms with E-state index in [4.69, 9.17) is 9.97 Å². The van der Waals surface area contributed by atoms with Crippen molar-refractivity contribution in [3.8, 4) is 11.1 Å². The van der Waals surface area contributed by atoms with Gasteiger partial charge in [-0.25, -0.2) is 0 Å². The third-order valence-corrected chi connectivity index (χ3v) is 8.86. The molecule has 4 aromatic carbocycles. The van der Waals surface area contributed by atoms with Gasteiger partial charge >= 0.3 is 0 Å². The van der Waals surface area contributed by atoms with Crippen molar-refractivity contribution in [2.24, 2.45) is 0 Å². The molecule has 6 aromatic rings. The van der Waals surface area contributed by atoms with Crippen LogP contribution in [-0.4, -0.2) is 9.97 Å². The number of rotatable bonds is 2. The molecule has 3 heteroatoms. The minimum Gasteiger partial charge on any atom is -0.310 e. The summed E-state index contributed by atoms with van der Waals surface area (Å²) in [5.74, 6) is 0. The number of nitrogens with zero attached hydrogens (tertiary/aromatic N) is 3. The fraction of sp³-hybridized carbons (Fsp3) is 0.189. The average Bonchev–Trinajstić information content (AvgIpc) is 2.95. The summed E-state index contributed by atoms with van der Waals surface area (Å²) in [4.78, 5) is 12.0. The third kappa shape index (κ3) is 3.43. The second-order valence-electron chi connectivity index (χ2n) is 11.7. The van der Waals surface area contributed by atoms with Crippen LogP contribution in [0.25, 0.3) is 32.9 Å². The van der Waals surface area contributed by atoms with Crippen molar-refractivity contribution in [3.63, 3.8) is 0 Å². The second-order valence-corrected chi connectivity index (χ2v) is 11.7. The maximum Gasteiger partial charge on any atom is 0.0973 e. The molecule has 1 aliphatic rings. The monoisotopic (exact) mass is 519 g/mol. The first-order chi connectivity index (χ1) is 19.3. The van der Waals surface area contributed by atoms with E-state index in [1.54, 1.807) is 0 Å². The number of fused-ring (bicyclic) bond motifs is 5. The van der Waals surface area contributed by atoms with E-state index in [-0.39, 0.29) is 5.41 Å². The lowest BCUT2D eigenvalue weighted by atomic mass is 9.73. The lowest BCUT2D eigenvalue weighted by Crippen LogP contribution is -2.30. The highest BCUT2D eigenvalue weighted by molar-refractivity contribution is 6.12. The van der Waals surface area contributed by atoms with E-state index in [0.29, 0.717) is 0 Å². The summed E-state index contributed by atoms with van der Waals surface area (Å²) in [7, 11) is 0. The Morgan fingerprint density at radius 2 is 1.15 bits per heavy atom. The molecule has 2 aromatic heterocycles. The molecule has 0 N–H and O–H groups in total. The summed E-state index contributed by atoms with van der Waals surface area (Å²) in [5.41, 5.74) is 15.6. The third-order valence-electron chi connectivity index (χ3n) is 8.86. The van der Waals surface area contributed by atoms with E-state index >= 15 is 0 Å². The Bertz CT molecular complexity index is 1930. The van der Waals surface area contributed by atoms with Crippen LogP contribution in [-0.2, 0) is 5.41 Å². The number of aryl methyl sites for hydroxylation is 4. The minimum absolute atomic E-state index is 0.0764. The van der Waals surface area contributed by atoms with E-state index in [2.05, 4.69) is 125 Å². The first-order valence-corrected chi connectivity index (χ1v) is 14.0. The van der Waals surface area contributed by atoms with Gasteiger partial charge in [0.2, 0.25) is 0 Å². The normalized spacial score (nSPS) is 13.9. The molecule has 1 aliphatic heterocycles. The standard InChI is InChI=1S/C37H33N3/c1-22-15-17-38-35-27(22)21-28(34-23(2)16-18-39-36(34)35)26-19-25(4)33(20-24(26)3)40-31-13-9-7-11-29(31)37(5,6)30-12-8-10-14-32(30)40/h7-21H,1-6H3. The Morgan fingerprint density at radius 3 is 1.82 bits per heavy atom. The number of para-hydroxylation sites is 2. The van der Waals surface area contributed by atoms with Gasteiger partial charge in [-0.1, -0.05) is 50.2 Å². The smallest absolute Gasteiger partial charge is 0.0973 e. The van der Waals surface area contributed by atoms with E-state index in [9.17, 15) is 0 Å². The number of hydrogen-bond acceptors (Lipinski definition) is 3. The van der Waals surface area contributed by atoms with Crippen LogP contribution in [0.5, 0.6) is 0 Å². The molecule has 7 rings (SSSR count). The van der Waals surface area contributed by atoms with Crippen molar-refractivity contribution >= 4 is 38.9 Å². The van der Waals surface area contributed by atoms with Crippen LogP contribution in [0.1, 0.15) is 47.2 Å². The van der Waals surface area contributed by atoms with Gasteiger partial charge in [0.25, 0.3) is 0 Å². The van der Waals surface area contributed by atoms with Gasteiger partial charge in [-0.2, -0.15) is 0 Å². The van der Waals surface area contributed by atoms with Gasteiger partial charge in [-0.05, 0) is 115 Å². The molecule has 0 amide bonds. The molecular formula is C37H33N3. The molecule has 0 saturated carbocycles. The highest BCUT2D eigenvalue weighted by Gasteiger charge is 2.36. The Labute approximate surface area is 236 Å². The molecular weight excluding hydrogens is 486 g/mol. The van der Waals surface area contributed by atoms with Crippen molar-refractivity contribution in [2.75, 3.05) is 4.90 Å². The van der Waals surface area contributed by atoms with E-state index in [1.165, 1.54) is 67.0 Å². The van der Waals surface area contributed by atoms with Crippen LogP contribution in [0.2, 0.25) is 0 Å². The van der Waals surface area contributed by atoms with Gasteiger partial charge in [0.15, 0.2) is 0 Å². The number of pyridine rings is 2. The SMILES string of the molecule is Cc1cc(N2c3ccccc3C(C)(C)c3ccccc32)c(C)cc1-c1cc2c(C)ccnc2c2nccc(C)c12. The fourth-order valence-corrected chi connectivity index (χ4v) is 6.71. The van der Waals surface area contributed by atoms with Gasteiger partial charge in [0.1, 0.15) is 0 Å². The quantitative estimate of drug-likeness (QED) is 0.213. The molecule has 0 atom stereocenters. The highest BCUT2D eigenvalue weighted by atomic mass is 15.2. The van der Waals surface area contributed by atoms with Crippen LogP contribution in [0.3, 0.4) is 0 Å². The van der Waals surface area contributed by atoms with Gasteiger partial charge in [-0.3, -0.25) is 9.97 Å². The zero-order chi connectivity index (χ0) is 27.8. The van der Waals surface area contributed by atoms with Crippen molar-refractivity contribution in [1.29, 1.82) is 0 Å². The average molecular weight is 520 g/mol. The van der Waals surface area contributed by atoms with Crippen LogP contribution in [0.15, 0.2) is 91.3 Å². The summed E-state index contributed by atoms with van der Waals surface area (Å²) in [6, 6.07) is 29.0. The predicted octanol–water partition coefficient (Wildman–Crippen LogP) is 9.79. The topological polar surface area (TPSA) is 29.0 Å². The van der Waals surface area contributed by atoms with Crippen LogP contribution >= 0.6 is 0 Å². The van der Waals surface area contributed by atoms with Gasteiger partial charge in [-0.15, -0.1) is 0 Å². The predicted molar refractivity (Wildman–Crippen MR) is 168 cm³/mol. The molecule has 3 nitrogen and oxygen atoms in total. The Morgan fingerprint density at radius 1 is 0.550 bits per heavy atom. The molecule has 0 bridgehead atoms. The van der Waals surface area contributed by atoms with Crippen molar-refractivity contribution in [2.45, 2.75) is 47.0 Å². The number of hydrogen-bond donors (Lipinski definition) is 0. The number of aromatic nitrogens is 2. The lowest BCUT2D eigenvalue weighted by molar-refractivity contribution is 0.632. The molecule has 40 heavy (non-hydrogen) atoms. The van der Waals surface area contributed by atoms with Gasteiger partial charge < -0.3 is 4.90 Å². The Balaban J connectivity index is 1.49. The molecule has 0 radical (unpaired) electrons. The van der Waals surface area contributed by atoms with Gasteiger partial charge in [0.05, 0.1) is 22.4 Å². The van der Waals surface area contributed by atoms with Crippen molar-refractivity contribution < 1.29 is 0 Å². The molecule has 0 saturated heterocycles. The number of anilines is 3. The summed E-state index contributed by atoms with van der Waals surface area (Å²) < 4.78 is 0.